The van der Waals surface area contributed by atoms with Crippen LogP contribution < -0.4 is 5.32 Å². The summed E-state index contributed by atoms with van der Waals surface area (Å²) in [6.45, 7) is 2.17. The number of piperidine rings is 1. The highest BCUT2D eigenvalue weighted by Crippen LogP contribution is 2.33. The van der Waals surface area contributed by atoms with Gasteiger partial charge in [-0.3, -0.25) is 0 Å². The third kappa shape index (κ3) is 3.09. The average Bonchev–Trinajstić information content (AvgIpc) is 3.04. The molecule has 3 heteroatoms. The van der Waals surface area contributed by atoms with Gasteiger partial charge < -0.3 is 9.88 Å². The van der Waals surface area contributed by atoms with Gasteiger partial charge in [-0.15, -0.1) is 0 Å². The molecular weight excluding hydrogens is 299 g/mol. The lowest BCUT2D eigenvalue weighted by molar-refractivity contribution is 0.262. The molecule has 0 amide bonds. The maximum absolute atomic E-state index is 13.5. The third-order valence-corrected chi connectivity index (χ3v) is 5.26. The van der Waals surface area contributed by atoms with Crippen LogP contribution in [0.15, 0.2) is 60.8 Å². The molecule has 0 aliphatic carbocycles. The first-order valence-electron chi connectivity index (χ1n) is 8.82. The van der Waals surface area contributed by atoms with E-state index in [-0.39, 0.29) is 5.82 Å². The first kappa shape index (κ1) is 15.4. The number of hydrogen-bond donors (Lipinski definition) is 1. The van der Waals surface area contributed by atoms with Gasteiger partial charge >= 0.3 is 0 Å². The van der Waals surface area contributed by atoms with E-state index in [1.54, 1.807) is 12.1 Å². The van der Waals surface area contributed by atoms with Gasteiger partial charge in [-0.05, 0) is 68.1 Å². The molecule has 0 bridgehead atoms. The molecule has 3 aromatic rings. The van der Waals surface area contributed by atoms with Crippen LogP contribution in [0, 0.1) is 11.7 Å². The molecule has 2 nitrogen and oxygen atoms in total. The molecule has 1 aliphatic heterocycles. The molecule has 1 unspecified atom stereocenters. The normalized spacial score (nSPS) is 17.2. The number of hydrogen-bond acceptors (Lipinski definition) is 1. The summed E-state index contributed by atoms with van der Waals surface area (Å²) in [5.41, 5.74) is 2.50. The van der Waals surface area contributed by atoms with Gasteiger partial charge in [0.2, 0.25) is 0 Å². The van der Waals surface area contributed by atoms with E-state index in [9.17, 15) is 4.39 Å². The van der Waals surface area contributed by atoms with Gasteiger partial charge in [-0.2, -0.15) is 0 Å². The van der Waals surface area contributed by atoms with E-state index < -0.39 is 0 Å². The van der Waals surface area contributed by atoms with Crippen molar-refractivity contribution < 1.29 is 4.39 Å². The summed E-state index contributed by atoms with van der Waals surface area (Å²) in [6.07, 6.45) is 5.54. The van der Waals surface area contributed by atoms with Crippen molar-refractivity contribution in [3.05, 3.63) is 72.2 Å². The Bertz CT molecular complexity index is 803. The number of fused-ring (bicyclic) bond motifs is 1. The van der Waals surface area contributed by atoms with E-state index in [1.807, 2.05) is 12.1 Å². The number of halogens is 1. The number of rotatable bonds is 4. The smallest absolute Gasteiger partial charge is 0.123 e. The Labute approximate surface area is 142 Å². The van der Waals surface area contributed by atoms with E-state index in [4.69, 9.17) is 0 Å². The van der Waals surface area contributed by atoms with Crippen LogP contribution in [0.5, 0.6) is 0 Å². The van der Waals surface area contributed by atoms with Gasteiger partial charge in [0.25, 0.3) is 0 Å². The van der Waals surface area contributed by atoms with Crippen LogP contribution in [-0.2, 0) is 6.42 Å². The largest absolute Gasteiger partial charge is 0.344 e. The second kappa shape index (κ2) is 6.78. The first-order chi connectivity index (χ1) is 11.8. The summed E-state index contributed by atoms with van der Waals surface area (Å²) in [7, 11) is 0. The molecule has 124 valence electrons. The lowest BCUT2D eigenvalue weighted by Crippen LogP contribution is -2.33. The fourth-order valence-corrected chi connectivity index (χ4v) is 4.00. The number of nitrogens with zero attached hydrogens (tertiary/aromatic N) is 1. The molecule has 1 aromatic heterocycles. The van der Waals surface area contributed by atoms with Crippen LogP contribution in [-0.4, -0.2) is 17.7 Å². The fraction of sp³-hybridized carbons (Fsp3) is 0.333. The van der Waals surface area contributed by atoms with Crippen LogP contribution in [0.4, 0.5) is 4.39 Å². The summed E-state index contributed by atoms with van der Waals surface area (Å²) in [5.74, 6) is 0.480. The minimum Gasteiger partial charge on any atom is -0.344 e. The maximum Gasteiger partial charge on any atom is 0.123 e. The molecule has 24 heavy (non-hydrogen) atoms. The second-order valence-corrected chi connectivity index (χ2v) is 6.77. The third-order valence-electron chi connectivity index (χ3n) is 5.26. The van der Waals surface area contributed by atoms with Crippen LogP contribution in [0.3, 0.4) is 0 Å². The zero-order valence-corrected chi connectivity index (χ0v) is 13.8. The van der Waals surface area contributed by atoms with Gasteiger partial charge in [-0.25, -0.2) is 4.39 Å². The van der Waals surface area contributed by atoms with Crippen molar-refractivity contribution in [2.75, 3.05) is 13.1 Å². The quantitative estimate of drug-likeness (QED) is 0.745. The lowest BCUT2D eigenvalue weighted by atomic mass is 9.86. The molecule has 0 spiro atoms. The molecule has 1 N–H and O–H groups in total. The van der Waals surface area contributed by atoms with E-state index >= 15 is 0 Å². The van der Waals surface area contributed by atoms with Gasteiger partial charge in [0, 0.05) is 23.1 Å². The number of aromatic nitrogens is 1. The Kier molecular flexibility index (Phi) is 4.35. The zero-order chi connectivity index (χ0) is 16.4. The first-order valence-corrected chi connectivity index (χ1v) is 8.82. The molecule has 1 atom stereocenters. The Balaban J connectivity index is 1.72. The second-order valence-electron chi connectivity index (χ2n) is 6.77. The molecule has 0 radical (unpaired) electrons. The van der Waals surface area contributed by atoms with Crippen molar-refractivity contribution in [1.82, 2.24) is 9.88 Å². The SMILES string of the molecule is Fc1ccc2c(ccn2C(Cc2ccccc2)C2CCNCC2)c1. The van der Waals surface area contributed by atoms with E-state index in [1.165, 1.54) is 18.4 Å². The Morgan fingerprint density at radius 1 is 1.04 bits per heavy atom. The molecule has 2 aromatic carbocycles. The minimum atomic E-state index is -0.165. The van der Waals surface area contributed by atoms with Crippen molar-refractivity contribution in [2.45, 2.75) is 25.3 Å². The van der Waals surface area contributed by atoms with E-state index in [2.05, 4.69) is 46.4 Å². The Hall–Kier alpha value is -2.13. The van der Waals surface area contributed by atoms with Crippen LogP contribution >= 0.6 is 0 Å². The molecular formula is C21H23FN2. The number of benzene rings is 2. The fourth-order valence-electron chi connectivity index (χ4n) is 4.00. The van der Waals surface area contributed by atoms with Crippen molar-refractivity contribution in [3.8, 4) is 0 Å². The van der Waals surface area contributed by atoms with Gasteiger partial charge in [-0.1, -0.05) is 30.3 Å². The zero-order valence-electron chi connectivity index (χ0n) is 13.8. The van der Waals surface area contributed by atoms with E-state index in [0.717, 1.165) is 30.4 Å². The highest BCUT2D eigenvalue weighted by atomic mass is 19.1. The Morgan fingerprint density at radius 2 is 1.83 bits per heavy atom. The minimum absolute atomic E-state index is 0.165. The summed E-state index contributed by atoms with van der Waals surface area (Å²) in [4.78, 5) is 0. The maximum atomic E-state index is 13.5. The predicted molar refractivity (Wildman–Crippen MR) is 96.7 cm³/mol. The summed E-state index contributed by atoms with van der Waals surface area (Å²) in [6, 6.07) is 18.3. The van der Waals surface area contributed by atoms with Crippen LogP contribution in [0.25, 0.3) is 10.9 Å². The predicted octanol–water partition coefficient (Wildman–Crippen LogP) is 4.56. The number of nitrogens with one attached hydrogen (secondary N) is 1. The van der Waals surface area contributed by atoms with Crippen molar-refractivity contribution >= 4 is 10.9 Å². The van der Waals surface area contributed by atoms with Gasteiger partial charge in [0.15, 0.2) is 0 Å². The van der Waals surface area contributed by atoms with Crippen LogP contribution in [0.1, 0.15) is 24.4 Å². The standard InChI is InChI=1S/C21H23FN2/c22-19-6-7-20-18(15-19)10-13-24(20)21(17-8-11-23-12-9-17)14-16-4-2-1-3-5-16/h1-7,10,13,15,17,21,23H,8-9,11-12,14H2. The van der Waals surface area contributed by atoms with Crippen molar-refractivity contribution in [3.63, 3.8) is 0 Å². The lowest BCUT2D eigenvalue weighted by Gasteiger charge is -2.32. The van der Waals surface area contributed by atoms with E-state index in [0.29, 0.717) is 12.0 Å². The average molecular weight is 322 g/mol. The van der Waals surface area contributed by atoms with Gasteiger partial charge in [0.05, 0.1) is 0 Å². The van der Waals surface area contributed by atoms with Crippen molar-refractivity contribution in [2.24, 2.45) is 5.92 Å². The van der Waals surface area contributed by atoms with Crippen LogP contribution in [0.2, 0.25) is 0 Å². The molecule has 0 saturated carbocycles. The highest BCUT2D eigenvalue weighted by molar-refractivity contribution is 5.80. The van der Waals surface area contributed by atoms with Crippen molar-refractivity contribution in [1.29, 1.82) is 0 Å². The molecule has 1 saturated heterocycles. The summed E-state index contributed by atoms with van der Waals surface area (Å²) in [5, 5.41) is 4.45. The summed E-state index contributed by atoms with van der Waals surface area (Å²) < 4.78 is 15.9. The molecule has 1 aliphatic rings. The topological polar surface area (TPSA) is 17.0 Å². The summed E-state index contributed by atoms with van der Waals surface area (Å²) >= 11 is 0. The van der Waals surface area contributed by atoms with Gasteiger partial charge in [0.1, 0.15) is 5.82 Å². The Morgan fingerprint density at radius 3 is 2.62 bits per heavy atom. The highest BCUT2D eigenvalue weighted by Gasteiger charge is 2.26. The molecule has 1 fully saturated rings. The molecule has 4 rings (SSSR count). The molecule has 2 heterocycles. The monoisotopic (exact) mass is 322 g/mol.